The summed E-state index contributed by atoms with van der Waals surface area (Å²) in [4.78, 5) is 35.4. The molecular weight excluding hydrogens is 352 g/mol. The summed E-state index contributed by atoms with van der Waals surface area (Å²) in [5, 5.41) is 1.89. The van der Waals surface area contributed by atoms with E-state index in [-0.39, 0.29) is 17.1 Å². The number of thioether (sulfide) groups is 1. The number of amides is 2. The number of nitrogens with one attached hydrogen (secondary N) is 1. The summed E-state index contributed by atoms with van der Waals surface area (Å²) in [5.74, 6) is -0.745. The fourth-order valence-electron chi connectivity index (χ4n) is 2.88. The molecule has 1 N–H and O–H groups in total. The Morgan fingerprint density at radius 2 is 2.04 bits per heavy atom. The number of carbonyl (C=O) groups is 3. The van der Waals surface area contributed by atoms with Crippen molar-refractivity contribution in [2.75, 3.05) is 6.61 Å². The molecule has 6 nitrogen and oxygen atoms in total. The van der Waals surface area contributed by atoms with Gasteiger partial charge in [0.2, 0.25) is 0 Å². The second-order valence-corrected chi connectivity index (χ2v) is 6.80. The van der Waals surface area contributed by atoms with Crippen LogP contribution >= 0.6 is 11.8 Å². The van der Waals surface area contributed by atoms with Crippen LogP contribution in [0.4, 0.5) is 4.79 Å². The first kappa shape index (κ1) is 18.0. The molecule has 1 aromatic heterocycles. The van der Waals surface area contributed by atoms with E-state index in [1.54, 1.807) is 31.2 Å². The van der Waals surface area contributed by atoms with Crippen LogP contribution in [-0.4, -0.2) is 28.3 Å². The number of hydrogen-bond acceptors (Lipinski definition) is 5. The number of rotatable bonds is 4. The van der Waals surface area contributed by atoms with Gasteiger partial charge in [0.15, 0.2) is 0 Å². The normalized spacial score (nSPS) is 15.4. The molecule has 1 aliphatic heterocycles. The zero-order valence-corrected chi connectivity index (χ0v) is 15.5. The molecule has 1 aliphatic rings. The monoisotopic (exact) mass is 370 g/mol. The maximum Gasteiger partial charge on any atom is 0.338 e. The molecule has 0 radical (unpaired) electrons. The Kier molecular flexibility index (Phi) is 4.99. The van der Waals surface area contributed by atoms with Gasteiger partial charge in [0.1, 0.15) is 0 Å². The van der Waals surface area contributed by atoms with Crippen molar-refractivity contribution in [2.45, 2.75) is 20.8 Å². The Bertz CT molecular complexity index is 943. The summed E-state index contributed by atoms with van der Waals surface area (Å²) in [5.41, 5.74) is 4.01. The van der Waals surface area contributed by atoms with Gasteiger partial charge < -0.3 is 9.30 Å². The van der Waals surface area contributed by atoms with E-state index < -0.39 is 0 Å². The first-order chi connectivity index (χ1) is 12.4. The van der Waals surface area contributed by atoms with Crippen LogP contribution in [0.1, 0.15) is 34.2 Å². The lowest BCUT2D eigenvalue weighted by Crippen LogP contribution is -2.17. The number of hydrogen-bond donors (Lipinski definition) is 1. The van der Waals surface area contributed by atoms with Gasteiger partial charge in [-0.1, -0.05) is 6.07 Å². The number of ether oxygens (including phenoxy) is 1. The first-order valence-electron chi connectivity index (χ1n) is 8.12. The van der Waals surface area contributed by atoms with E-state index >= 15 is 0 Å². The Morgan fingerprint density at radius 3 is 2.69 bits per heavy atom. The first-order valence-corrected chi connectivity index (χ1v) is 8.93. The van der Waals surface area contributed by atoms with Gasteiger partial charge in [-0.25, -0.2) is 4.79 Å². The van der Waals surface area contributed by atoms with Gasteiger partial charge in [-0.3, -0.25) is 14.9 Å². The Hall–Kier alpha value is -2.80. The predicted molar refractivity (Wildman–Crippen MR) is 100 cm³/mol. The topological polar surface area (TPSA) is 77.4 Å². The van der Waals surface area contributed by atoms with Gasteiger partial charge in [0.05, 0.1) is 17.1 Å². The van der Waals surface area contributed by atoms with Crippen LogP contribution in [0.25, 0.3) is 11.8 Å². The minimum Gasteiger partial charge on any atom is -0.462 e. The number of aromatic nitrogens is 1. The maximum absolute atomic E-state index is 12.0. The van der Waals surface area contributed by atoms with E-state index in [1.807, 2.05) is 30.5 Å². The Morgan fingerprint density at radius 1 is 1.27 bits per heavy atom. The average Bonchev–Trinajstić information content (AvgIpc) is 3.06. The molecule has 1 fully saturated rings. The number of esters is 1. The third-order valence-corrected chi connectivity index (χ3v) is 4.83. The quantitative estimate of drug-likeness (QED) is 0.657. The van der Waals surface area contributed by atoms with Crippen molar-refractivity contribution in [3.05, 3.63) is 57.8 Å². The van der Waals surface area contributed by atoms with E-state index in [9.17, 15) is 14.4 Å². The second kappa shape index (κ2) is 7.21. The molecule has 2 amide bonds. The number of nitrogens with zero attached hydrogens (tertiary/aromatic N) is 1. The van der Waals surface area contributed by atoms with Gasteiger partial charge in [0.25, 0.3) is 11.1 Å². The van der Waals surface area contributed by atoms with Crippen LogP contribution in [0.2, 0.25) is 0 Å². The predicted octanol–water partition coefficient (Wildman–Crippen LogP) is 3.59. The highest BCUT2D eigenvalue weighted by Crippen LogP contribution is 2.29. The van der Waals surface area contributed by atoms with Crippen molar-refractivity contribution < 1.29 is 19.1 Å². The fourth-order valence-corrected chi connectivity index (χ4v) is 3.55. The van der Waals surface area contributed by atoms with Crippen LogP contribution in [0.5, 0.6) is 0 Å². The minimum atomic E-state index is -0.380. The summed E-state index contributed by atoms with van der Waals surface area (Å²) < 4.78 is 7.05. The standard InChI is InChI=1S/C19H18N2O4S/c1-4-25-18(23)13-6-5-7-15(9-13)21-11(2)8-14(12(21)3)10-16-17(22)20-19(24)26-16/h5-10H,4H2,1-3H3,(H,20,22,24)/b16-10-. The SMILES string of the molecule is CCOC(=O)c1cccc(-n2c(C)cc(/C=C3\SC(=O)NC3=O)c2C)c1. The van der Waals surface area contributed by atoms with Crippen LogP contribution < -0.4 is 5.32 Å². The lowest BCUT2D eigenvalue weighted by atomic mass is 10.2. The highest BCUT2D eigenvalue weighted by Gasteiger charge is 2.25. The van der Waals surface area contributed by atoms with E-state index in [0.29, 0.717) is 17.1 Å². The van der Waals surface area contributed by atoms with E-state index in [0.717, 1.165) is 34.4 Å². The van der Waals surface area contributed by atoms with Crippen molar-refractivity contribution in [1.82, 2.24) is 9.88 Å². The smallest absolute Gasteiger partial charge is 0.338 e. The van der Waals surface area contributed by atoms with E-state index in [4.69, 9.17) is 4.74 Å². The molecule has 2 heterocycles. The van der Waals surface area contributed by atoms with E-state index in [1.165, 1.54) is 0 Å². The van der Waals surface area contributed by atoms with Gasteiger partial charge >= 0.3 is 5.97 Å². The average molecular weight is 370 g/mol. The molecular formula is C19H18N2O4S. The molecule has 0 aliphatic carbocycles. The molecule has 1 aromatic carbocycles. The number of benzene rings is 1. The van der Waals surface area contributed by atoms with Crippen molar-refractivity contribution in [3.8, 4) is 5.69 Å². The molecule has 0 spiro atoms. The number of carbonyl (C=O) groups excluding carboxylic acids is 3. The van der Waals surface area contributed by atoms with Crippen LogP contribution in [0.15, 0.2) is 35.2 Å². The summed E-state index contributed by atoms with van der Waals surface area (Å²) in [6, 6.07) is 9.13. The van der Waals surface area contributed by atoms with Crippen molar-refractivity contribution in [2.24, 2.45) is 0 Å². The summed E-state index contributed by atoms with van der Waals surface area (Å²) >= 11 is 0.891. The third-order valence-electron chi connectivity index (χ3n) is 4.01. The molecule has 7 heteroatoms. The van der Waals surface area contributed by atoms with Gasteiger partial charge in [0, 0.05) is 17.1 Å². The zero-order chi connectivity index (χ0) is 18.8. The second-order valence-electron chi connectivity index (χ2n) is 5.78. The molecule has 1 saturated heterocycles. The minimum absolute atomic E-state index is 0.320. The van der Waals surface area contributed by atoms with Gasteiger partial charge in [-0.05, 0) is 68.4 Å². The molecule has 0 saturated carbocycles. The van der Waals surface area contributed by atoms with Crippen molar-refractivity contribution >= 4 is 35.0 Å². The lowest BCUT2D eigenvalue weighted by molar-refractivity contribution is -0.115. The Labute approximate surface area is 155 Å². The fraction of sp³-hybridized carbons (Fsp3) is 0.211. The maximum atomic E-state index is 12.0. The molecule has 26 heavy (non-hydrogen) atoms. The highest BCUT2D eigenvalue weighted by atomic mass is 32.2. The molecule has 134 valence electrons. The summed E-state index contributed by atoms with van der Waals surface area (Å²) in [6.07, 6.45) is 1.71. The largest absolute Gasteiger partial charge is 0.462 e. The number of aryl methyl sites for hydroxylation is 1. The summed E-state index contributed by atoms with van der Waals surface area (Å²) in [7, 11) is 0. The van der Waals surface area contributed by atoms with Crippen LogP contribution in [0, 0.1) is 13.8 Å². The van der Waals surface area contributed by atoms with Crippen molar-refractivity contribution in [1.29, 1.82) is 0 Å². The third kappa shape index (κ3) is 3.43. The van der Waals surface area contributed by atoms with Gasteiger partial charge in [-0.15, -0.1) is 0 Å². The molecule has 0 unspecified atom stereocenters. The molecule has 3 rings (SSSR count). The van der Waals surface area contributed by atoms with Crippen LogP contribution in [0.3, 0.4) is 0 Å². The van der Waals surface area contributed by atoms with E-state index in [2.05, 4.69) is 5.32 Å². The van der Waals surface area contributed by atoms with Crippen molar-refractivity contribution in [3.63, 3.8) is 0 Å². The highest BCUT2D eigenvalue weighted by molar-refractivity contribution is 8.18. The zero-order valence-electron chi connectivity index (χ0n) is 14.7. The molecule has 2 aromatic rings. The molecule has 0 bridgehead atoms. The lowest BCUT2D eigenvalue weighted by Gasteiger charge is -2.11. The van der Waals surface area contributed by atoms with Gasteiger partial charge in [-0.2, -0.15) is 0 Å². The summed E-state index contributed by atoms with van der Waals surface area (Å²) in [6.45, 7) is 5.96. The molecule has 0 atom stereocenters. The van der Waals surface area contributed by atoms with Crippen LogP contribution in [-0.2, 0) is 9.53 Å². The Balaban J connectivity index is 2.00. The number of imide groups is 1.